The van der Waals surface area contributed by atoms with E-state index in [0.717, 1.165) is 35.9 Å². The SMILES string of the molecule is Cc1ccc(F)c2c1NC(C(=O)Nc1cc(Cl)cc(N3CCC(CCCN4CCCC4)CC3)c1)C2. The van der Waals surface area contributed by atoms with Crippen molar-refractivity contribution in [3.05, 3.63) is 52.3 Å². The molecule has 7 heteroatoms. The molecule has 3 heterocycles. The van der Waals surface area contributed by atoms with Crippen molar-refractivity contribution in [2.24, 2.45) is 5.92 Å². The van der Waals surface area contributed by atoms with Gasteiger partial charge in [0.15, 0.2) is 0 Å². The van der Waals surface area contributed by atoms with Gasteiger partial charge in [0.05, 0.1) is 0 Å². The summed E-state index contributed by atoms with van der Waals surface area (Å²) >= 11 is 6.44. The molecule has 0 aromatic heterocycles. The number of piperidine rings is 1. The molecule has 1 amide bonds. The van der Waals surface area contributed by atoms with Gasteiger partial charge in [0.25, 0.3) is 0 Å². The highest BCUT2D eigenvalue weighted by Gasteiger charge is 2.30. The molecule has 2 N–H and O–H groups in total. The van der Waals surface area contributed by atoms with Crippen LogP contribution in [0.5, 0.6) is 0 Å². The standard InChI is InChI=1S/C28H36ClFN4O/c1-19-6-7-25(30)24-18-26(32-27(19)24)28(35)31-22-15-21(29)16-23(17-22)34-13-8-20(9-14-34)5-4-12-33-10-2-3-11-33/h6-7,15-17,20,26,32H,2-5,8-14,18H2,1H3,(H,31,35). The van der Waals surface area contributed by atoms with Gasteiger partial charge >= 0.3 is 0 Å². The Morgan fingerprint density at radius 2 is 1.91 bits per heavy atom. The smallest absolute Gasteiger partial charge is 0.247 e. The van der Waals surface area contributed by atoms with E-state index in [9.17, 15) is 9.18 Å². The van der Waals surface area contributed by atoms with Crippen molar-refractivity contribution in [3.8, 4) is 0 Å². The van der Waals surface area contributed by atoms with Crippen LogP contribution in [0.25, 0.3) is 0 Å². The molecule has 5 nitrogen and oxygen atoms in total. The molecule has 0 spiro atoms. The molecule has 2 saturated heterocycles. The third kappa shape index (κ3) is 5.75. The number of carbonyl (C=O) groups excluding carboxylic acids is 1. The highest BCUT2D eigenvalue weighted by atomic mass is 35.5. The number of halogens is 2. The minimum absolute atomic E-state index is 0.176. The van der Waals surface area contributed by atoms with Crippen LogP contribution >= 0.6 is 11.6 Å². The average molecular weight is 499 g/mol. The maximum Gasteiger partial charge on any atom is 0.247 e. The molecule has 0 aliphatic carbocycles. The number of rotatable bonds is 7. The first-order chi connectivity index (χ1) is 17.0. The van der Waals surface area contributed by atoms with Crippen LogP contribution in [-0.4, -0.2) is 49.6 Å². The second kappa shape index (κ2) is 10.8. The first-order valence-electron chi connectivity index (χ1n) is 13.1. The van der Waals surface area contributed by atoms with Crippen molar-refractivity contribution in [1.29, 1.82) is 0 Å². The number of aryl methyl sites for hydroxylation is 1. The van der Waals surface area contributed by atoms with E-state index < -0.39 is 6.04 Å². The number of fused-ring (bicyclic) bond motifs is 1. The molecule has 1 atom stereocenters. The van der Waals surface area contributed by atoms with Gasteiger partial charge in [0, 0.05) is 47.2 Å². The highest BCUT2D eigenvalue weighted by Crippen LogP contribution is 2.33. The number of hydrogen-bond acceptors (Lipinski definition) is 4. The summed E-state index contributed by atoms with van der Waals surface area (Å²) in [6.07, 6.45) is 8.09. The van der Waals surface area contributed by atoms with Gasteiger partial charge in [-0.3, -0.25) is 4.79 Å². The third-order valence-corrected chi connectivity index (χ3v) is 8.14. The number of likely N-dealkylation sites (tertiary alicyclic amines) is 1. The molecule has 0 bridgehead atoms. The van der Waals surface area contributed by atoms with Gasteiger partial charge in [-0.05, 0) is 101 Å². The van der Waals surface area contributed by atoms with Crippen LogP contribution in [-0.2, 0) is 11.2 Å². The second-order valence-electron chi connectivity index (χ2n) is 10.4. The molecule has 0 saturated carbocycles. The molecule has 2 aromatic carbocycles. The van der Waals surface area contributed by atoms with Gasteiger partial charge in [0.2, 0.25) is 5.91 Å². The zero-order valence-electron chi connectivity index (χ0n) is 20.6. The maximum atomic E-state index is 14.2. The number of amides is 1. The van der Waals surface area contributed by atoms with Crippen LogP contribution in [0.4, 0.5) is 21.5 Å². The topological polar surface area (TPSA) is 47.6 Å². The minimum Gasteiger partial charge on any atom is -0.373 e. The molecule has 2 fully saturated rings. The summed E-state index contributed by atoms with van der Waals surface area (Å²) in [6.45, 7) is 7.77. The second-order valence-corrected chi connectivity index (χ2v) is 10.9. The van der Waals surface area contributed by atoms with Gasteiger partial charge in [-0.25, -0.2) is 4.39 Å². The molecular weight excluding hydrogens is 463 g/mol. The zero-order chi connectivity index (χ0) is 24.4. The monoisotopic (exact) mass is 498 g/mol. The first kappa shape index (κ1) is 24.4. The summed E-state index contributed by atoms with van der Waals surface area (Å²) in [5, 5.41) is 6.81. The Hall–Kier alpha value is -2.31. The predicted octanol–water partition coefficient (Wildman–Crippen LogP) is 5.86. The lowest BCUT2D eigenvalue weighted by Gasteiger charge is -2.34. The third-order valence-electron chi connectivity index (χ3n) is 7.92. The fourth-order valence-corrected chi connectivity index (χ4v) is 6.10. The Bertz CT molecular complexity index is 1030. The highest BCUT2D eigenvalue weighted by molar-refractivity contribution is 6.31. The Kier molecular flexibility index (Phi) is 7.49. The van der Waals surface area contributed by atoms with Crippen molar-refractivity contribution >= 4 is 34.6 Å². The Morgan fingerprint density at radius 3 is 2.66 bits per heavy atom. The molecule has 1 unspecified atom stereocenters. The van der Waals surface area contributed by atoms with Crippen LogP contribution < -0.4 is 15.5 Å². The van der Waals surface area contributed by atoms with Gasteiger partial charge < -0.3 is 20.4 Å². The summed E-state index contributed by atoms with van der Waals surface area (Å²) in [4.78, 5) is 18.0. The Morgan fingerprint density at radius 1 is 1.14 bits per heavy atom. The van der Waals surface area contributed by atoms with E-state index in [-0.39, 0.29) is 11.7 Å². The molecule has 2 aromatic rings. The molecule has 3 aliphatic rings. The number of nitrogens with zero attached hydrogens (tertiary/aromatic N) is 2. The Balaban J connectivity index is 1.15. The summed E-state index contributed by atoms with van der Waals surface area (Å²) in [7, 11) is 0. The number of anilines is 3. The summed E-state index contributed by atoms with van der Waals surface area (Å²) in [5.74, 6) is 0.356. The summed E-state index contributed by atoms with van der Waals surface area (Å²) in [6, 6.07) is 8.47. The molecular formula is C28H36ClFN4O. The van der Waals surface area contributed by atoms with E-state index >= 15 is 0 Å². The number of carbonyl (C=O) groups is 1. The fraction of sp³-hybridized carbons (Fsp3) is 0.536. The van der Waals surface area contributed by atoms with E-state index in [1.807, 2.05) is 19.1 Å². The van der Waals surface area contributed by atoms with Gasteiger partial charge in [-0.1, -0.05) is 17.7 Å². The van der Waals surface area contributed by atoms with Gasteiger partial charge in [-0.15, -0.1) is 0 Å². The van der Waals surface area contributed by atoms with Crippen LogP contribution in [0.15, 0.2) is 30.3 Å². The fourth-order valence-electron chi connectivity index (χ4n) is 5.88. The van der Waals surface area contributed by atoms with Gasteiger partial charge in [0.1, 0.15) is 11.9 Å². The predicted molar refractivity (Wildman–Crippen MR) is 142 cm³/mol. The van der Waals surface area contributed by atoms with E-state index in [2.05, 4.69) is 20.4 Å². The van der Waals surface area contributed by atoms with E-state index in [1.54, 1.807) is 12.1 Å². The minimum atomic E-state index is -0.501. The van der Waals surface area contributed by atoms with Crippen LogP contribution in [0.2, 0.25) is 5.02 Å². The number of benzene rings is 2. The van der Waals surface area contributed by atoms with Gasteiger partial charge in [-0.2, -0.15) is 0 Å². The van der Waals surface area contributed by atoms with Crippen LogP contribution in [0.1, 0.15) is 49.7 Å². The van der Waals surface area contributed by atoms with Crippen molar-refractivity contribution in [3.63, 3.8) is 0 Å². The molecule has 35 heavy (non-hydrogen) atoms. The summed E-state index contributed by atoms with van der Waals surface area (Å²) in [5.41, 5.74) is 4.00. The number of hydrogen-bond donors (Lipinski definition) is 2. The maximum absolute atomic E-state index is 14.2. The van der Waals surface area contributed by atoms with Crippen molar-refractivity contribution in [2.75, 3.05) is 48.3 Å². The van der Waals surface area contributed by atoms with Crippen molar-refractivity contribution in [2.45, 2.75) is 57.9 Å². The molecule has 3 aliphatic heterocycles. The molecule has 188 valence electrons. The van der Waals surface area contributed by atoms with E-state index in [4.69, 9.17) is 11.6 Å². The van der Waals surface area contributed by atoms with Crippen LogP contribution in [0, 0.1) is 18.7 Å². The quantitative estimate of drug-likeness (QED) is 0.502. The largest absolute Gasteiger partial charge is 0.373 e. The van der Waals surface area contributed by atoms with Crippen LogP contribution in [0.3, 0.4) is 0 Å². The zero-order valence-corrected chi connectivity index (χ0v) is 21.3. The lowest BCUT2D eigenvalue weighted by molar-refractivity contribution is -0.116. The summed E-state index contributed by atoms with van der Waals surface area (Å²) < 4.78 is 14.2. The van der Waals surface area contributed by atoms with Crippen molar-refractivity contribution in [1.82, 2.24) is 4.90 Å². The molecule has 5 rings (SSSR count). The lowest BCUT2D eigenvalue weighted by atomic mass is 9.92. The molecule has 0 radical (unpaired) electrons. The lowest BCUT2D eigenvalue weighted by Crippen LogP contribution is -2.34. The Labute approximate surface area is 213 Å². The average Bonchev–Trinajstić information content (AvgIpc) is 3.53. The number of nitrogens with one attached hydrogen (secondary N) is 2. The van der Waals surface area contributed by atoms with E-state index in [0.29, 0.717) is 22.7 Å². The van der Waals surface area contributed by atoms with E-state index in [1.165, 1.54) is 64.2 Å². The van der Waals surface area contributed by atoms with Crippen molar-refractivity contribution < 1.29 is 9.18 Å². The normalized spacial score (nSPS) is 20.7. The first-order valence-corrected chi connectivity index (χ1v) is 13.5.